The lowest BCUT2D eigenvalue weighted by Gasteiger charge is -2.37. The van der Waals surface area contributed by atoms with E-state index in [0.29, 0.717) is 34.9 Å². The second-order valence-electron chi connectivity index (χ2n) is 26.2. The first-order chi connectivity index (χ1) is 47.5. The Bertz CT molecular complexity index is 5130. The van der Waals surface area contributed by atoms with Crippen LogP contribution in [0.5, 0.6) is 0 Å². The molecule has 0 bridgehead atoms. The summed E-state index contributed by atoms with van der Waals surface area (Å²) in [7, 11) is 0. The van der Waals surface area contributed by atoms with Gasteiger partial charge in [0.25, 0.3) is 0 Å². The van der Waals surface area contributed by atoms with Crippen LogP contribution in [0, 0.1) is 0 Å². The minimum Gasteiger partial charge on any atom is -0.208 e. The lowest BCUT2D eigenvalue weighted by atomic mass is 9.66. The summed E-state index contributed by atoms with van der Waals surface area (Å²) in [6.07, 6.45) is 12.5. The quantitative estimate of drug-likeness (QED) is 0.136. The van der Waals surface area contributed by atoms with Crippen molar-refractivity contribution in [2.24, 2.45) is 0 Å². The number of fused-ring (bicyclic) bond motifs is 10. The first kappa shape index (κ1) is 58.5. The Morgan fingerprint density at radius 2 is 0.417 bits per heavy atom. The SMILES string of the molecule is c1ccc(-c2ccc(-c3nc(-c4ccccc4)nc(-c4ccc(-c5cccc6c5C5(CCCCC5)c5ccccc5-6)cc4)n3)cc2)cc1.c1ccc(-c2ccc(-c3nc(-c4ccccc4)nc(-c4ccccc4-c4cccc5c4C4(CCCCC4)c4ccccc4-5)n3)cc2)cc1. The summed E-state index contributed by atoms with van der Waals surface area (Å²) in [5.74, 6) is 4.04. The maximum atomic E-state index is 5.20. The standard InChI is InChI=1S/2C45H35N3/c1-4-15-31(16-5-1)32-25-27-34(28-26-32)43-46-42(33-17-6-2-7-18-33)47-44(48-43)39-21-9-8-19-35(39)37-22-14-23-38-36-20-10-11-24-40(36)45(41(37)38)29-12-3-13-30-45;1-4-13-31(14-5-1)32-21-25-35(26-22-32)43-46-42(34-15-6-2-7-16-34)47-44(48-43)36-27-23-33(24-28-36)37-18-12-19-39-38-17-8-9-20-40(38)45(41(37)39)29-10-3-11-30-45/h1-2,4-11,14-28H,3,12-13,29-30H2;1-2,4-9,12-28H,3,10-11,29-30H2. The van der Waals surface area contributed by atoms with E-state index in [0.717, 1.165) is 44.5 Å². The summed E-state index contributed by atoms with van der Waals surface area (Å²) in [5, 5.41) is 0. The van der Waals surface area contributed by atoms with Gasteiger partial charge in [0.2, 0.25) is 0 Å². The summed E-state index contributed by atoms with van der Waals surface area (Å²) in [6.45, 7) is 0. The zero-order valence-corrected chi connectivity index (χ0v) is 53.6. The first-order valence-electron chi connectivity index (χ1n) is 34.2. The molecule has 0 unspecified atom stereocenters. The number of hydrogen-bond donors (Lipinski definition) is 0. The van der Waals surface area contributed by atoms with Gasteiger partial charge in [-0.05, 0) is 115 Å². The molecule has 460 valence electrons. The second-order valence-corrected chi connectivity index (χ2v) is 26.2. The highest BCUT2D eigenvalue weighted by atomic mass is 15.0. The lowest BCUT2D eigenvalue weighted by Crippen LogP contribution is -2.28. The Morgan fingerprint density at radius 1 is 0.167 bits per heavy atom. The molecule has 2 spiro atoms. The Hall–Kier alpha value is -11.3. The fourth-order valence-electron chi connectivity index (χ4n) is 16.2. The summed E-state index contributed by atoms with van der Waals surface area (Å²) in [4.78, 5) is 30.4. The van der Waals surface area contributed by atoms with Crippen LogP contribution in [0.15, 0.2) is 303 Å². The molecule has 0 atom stereocenters. The van der Waals surface area contributed by atoms with Gasteiger partial charge >= 0.3 is 0 Å². The molecule has 4 aliphatic carbocycles. The first-order valence-corrected chi connectivity index (χ1v) is 34.2. The van der Waals surface area contributed by atoms with Crippen LogP contribution < -0.4 is 0 Å². The highest BCUT2D eigenvalue weighted by molar-refractivity contribution is 5.93. The summed E-state index contributed by atoms with van der Waals surface area (Å²) in [5.41, 5.74) is 27.3. The molecule has 2 heterocycles. The average Bonchev–Trinajstić information content (AvgIpc) is 1.55. The molecule has 0 aliphatic heterocycles. The predicted octanol–water partition coefficient (Wildman–Crippen LogP) is 22.9. The fourth-order valence-corrected chi connectivity index (χ4v) is 16.2. The van der Waals surface area contributed by atoms with Crippen LogP contribution in [0.1, 0.15) is 86.5 Å². The fraction of sp³-hybridized carbons (Fsp3) is 0.133. The van der Waals surface area contributed by atoms with Crippen LogP contribution in [0.4, 0.5) is 0 Å². The molecule has 0 amide bonds. The van der Waals surface area contributed by atoms with E-state index in [2.05, 4.69) is 255 Å². The summed E-state index contributed by atoms with van der Waals surface area (Å²) < 4.78 is 0. The van der Waals surface area contributed by atoms with Crippen LogP contribution in [0.2, 0.25) is 0 Å². The third kappa shape index (κ3) is 10.6. The summed E-state index contributed by atoms with van der Waals surface area (Å²) in [6, 6.07) is 108. The number of aromatic nitrogens is 6. The van der Waals surface area contributed by atoms with E-state index in [1.165, 1.54) is 142 Å². The topological polar surface area (TPSA) is 77.3 Å². The van der Waals surface area contributed by atoms with Crippen molar-refractivity contribution in [3.63, 3.8) is 0 Å². The molecule has 6 nitrogen and oxygen atoms in total. The van der Waals surface area contributed by atoms with Crippen molar-refractivity contribution < 1.29 is 0 Å². The lowest BCUT2D eigenvalue weighted by molar-refractivity contribution is 0.353. The molecule has 18 rings (SSSR count). The number of benzene rings is 12. The molecule has 4 aliphatic rings. The Kier molecular flexibility index (Phi) is 15.3. The van der Waals surface area contributed by atoms with Gasteiger partial charge in [-0.1, -0.05) is 342 Å². The predicted molar refractivity (Wildman–Crippen MR) is 393 cm³/mol. The highest BCUT2D eigenvalue weighted by Gasteiger charge is 2.47. The van der Waals surface area contributed by atoms with E-state index < -0.39 is 0 Å². The smallest absolute Gasteiger partial charge is 0.164 e. The van der Waals surface area contributed by atoms with Crippen LogP contribution >= 0.6 is 0 Å². The van der Waals surface area contributed by atoms with Gasteiger partial charge in [-0.25, -0.2) is 29.9 Å². The van der Waals surface area contributed by atoms with Crippen LogP contribution in [0.3, 0.4) is 0 Å². The molecule has 2 fully saturated rings. The number of rotatable bonds is 10. The Morgan fingerprint density at radius 3 is 0.812 bits per heavy atom. The normalized spacial score (nSPS) is 14.4. The number of hydrogen-bond acceptors (Lipinski definition) is 6. The van der Waals surface area contributed by atoms with Gasteiger partial charge in [0.1, 0.15) is 0 Å². The highest BCUT2D eigenvalue weighted by Crippen LogP contribution is 2.60. The van der Waals surface area contributed by atoms with Crippen molar-refractivity contribution in [1.82, 2.24) is 29.9 Å². The van der Waals surface area contributed by atoms with Crippen molar-refractivity contribution >= 4 is 0 Å². The van der Waals surface area contributed by atoms with E-state index in [-0.39, 0.29) is 10.8 Å². The minimum absolute atomic E-state index is 0.0356. The van der Waals surface area contributed by atoms with Gasteiger partial charge < -0.3 is 0 Å². The van der Waals surface area contributed by atoms with Gasteiger partial charge in [0, 0.05) is 44.2 Å². The molecule has 2 saturated carbocycles. The van der Waals surface area contributed by atoms with E-state index in [1.54, 1.807) is 0 Å². The van der Waals surface area contributed by atoms with Gasteiger partial charge in [0.15, 0.2) is 34.9 Å². The second kappa shape index (κ2) is 25.2. The zero-order chi connectivity index (χ0) is 63.8. The molecular weight excluding hydrogens is 1170 g/mol. The van der Waals surface area contributed by atoms with Crippen molar-refractivity contribution in [2.75, 3.05) is 0 Å². The molecule has 96 heavy (non-hydrogen) atoms. The average molecular weight is 1240 g/mol. The van der Waals surface area contributed by atoms with Crippen molar-refractivity contribution in [2.45, 2.75) is 75.0 Å². The van der Waals surface area contributed by atoms with Gasteiger partial charge in [-0.15, -0.1) is 0 Å². The van der Waals surface area contributed by atoms with Crippen molar-refractivity contribution in [3.8, 4) is 135 Å². The molecule has 14 aromatic rings. The van der Waals surface area contributed by atoms with E-state index in [4.69, 9.17) is 29.9 Å². The van der Waals surface area contributed by atoms with Crippen LogP contribution in [-0.2, 0) is 10.8 Å². The summed E-state index contributed by atoms with van der Waals surface area (Å²) >= 11 is 0. The molecule has 0 N–H and O–H groups in total. The maximum absolute atomic E-state index is 5.20. The molecule has 2 aromatic heterocycles. The van der Waals surface area contributed by atoms with E-state index in [1.807, 2.05) is 48.5 Å². The van der Waals surface area contributed by atoms with E-state index >= 15 is 0 Å². The molecule has 6 heteroatoms. The Labute approximate surface area is 562 Å². The third-order valence-corrected chi connectivity index (χ3v) is 20.7. The molecule has 0 saturated heterocycles. The van der Waals surface area contributed by atoms with Crippen LogP contribution in [0.25, 0.3) is 135 Å². The van der Waals surface area contributed by atoms with E-state index in [9.17, 15) is 0 Å². The maximum Gasteiger partial charge on any atom is 0.164 e. The molecule has 0 radical (unpaired) electrons. The van der Waals surface area contributed by atoms with Crippen LogP contribution in [-0.4, -0.2) is 29.9 Å². The van der Waals surface area contributed by atoms with Crippen molar-refractivity contribution in [1.29, 1.82) is 0 Å². The van der Waals surface area contributed by atoms with Gasteiger partial charge in [0.05, 0.1) is 0 Å². The zero-order valence-electron chi connectivity index (χ0n) is 53.6. The Balaban J connectivity index is 0.000000145. The number of nitrogens with zero attached hydrogens (tertiary/aromatic N) is 6. The van der Waals surface area contributed by atoms with Gasteiger partial charge in [-0.3, -0.25) is 0 Å². The molecule has 12 aromatic carbocycles. The largest absolute Gasteiger partial charge is 0.208 e. The monoisotopic (exact) mass is 1230 g/mol. The molecular formula is C90H70N6. The van der Waals surface area contributed by atoms with Crippen molar-refractivity contribution in [3.05, 3.63) is 326 Å². The third-order valence-electron chi connectivity index (χ3n) is 20.7. The van der Waals surface area contributed by atoms with Gasteiger partial charge in [-0.2, -0.15) is 0 Å². The minimum atomic E-state index is 0.0356.